The van der Waals surface area contributed by atoms with E-state index in [1.165, 1.54) is 18.2 Å². The van der Waals surface area contributed by atoms with E-state index in [1.807, 2.05) is 6.07 Å². The monoisotopic (exact) mass is 315 g/mol. The number of nitriles is 2. The van der Waals surface area contributed by atoms with Crippen LogP contribution >= 0.6 is 0 Å². The lowest BCUT2D eigenvalue weighted by Gasteiger charge is -2.01. The van der Waals surface area contributed by atoms with Gasteiger partial charge in [0, 0.05) is 23.9 Å². The number of hydrogen-bond donors (Lipinski definition) is 0. The highest BCUT2D eigenvalue weighted by Crippen LogP contribution is 2.26. The van der Waals surface area contributed by atoms with Gasteiger partial charge in [0.1, 0.15) is 23.5 Å². The molecule has 0 N–H and O–H groups in total. The average molecular weight is 315 g/mol. The van der Waals surface area contributed by atoms with Crippen LogP contribution in [0.5, 0.6) is 0 Å². The Bertz CT molecular complexity index is 1050. The Morgan fingerprint density at radius 1 is 1.21 bits per heavy atom. The number of allylic oxidation sites excluding steroid dienone is 1. The van der Waals surface area contributed by atoms with Crippen LogP contribution in [-0.2, 0) is 0 Å². The van der Waals surface area contributed by atoms with Gasteiger partial charge in [0.2, 0.25) is 0 Å². The maximum absolute atomic E-state index is 11.0. The number of benzene rings is 1. The first kappa shape index (κ1) is 14.9. The zero-order chi connectivity index (χ0) is 17.1. The van der Waals surface area contributed by atoms with E-state index < -0.39 is 4.92 Å². The summed E-state index contributed by atoms with van der Waals surface area (Å²) in [7, 11) is 0. The summed E-state index contributed by atoms with van der Waals surface area (Å²) in [5.74, 6) is 0.496. The Hall–Kier alpha value is -3.97. The molecule has 0 amide bonds. The number of nitro groups is 1. The van der Waals surface area contributed by atoms with Crippen LogP contribution in [0.3, 0.4) is 0 Å². The van der Waals surface area contributed by atoms with E-state index in [0.717, 1.165) is 0 Å². The van der Waals surface area contributed by atoms with E-state index in [2.05, 4.69) is 4.98 Å². The molecule has 0 radical (unpaired) electrons. The second-order valence-corrected chi connectivity index (χ2v) is 4.87. The molecule has 0 fully saturated rings. The maximum atomic E-state index is 11.0. The molecule has 7 nitrogen and oxygen atoms in total. The Labute approximate surface area is 136 Å². The molecule has 0 aliphatic carbocycles. The Kier molecular flexibility index (Phi) is 3.76. The van der Waals surface area contributed by atoms with Crippen LogP contribution in [0.1, 0.15) is 5.69 Å². The van der Waals surface area contributed by atoms with E-state index >= 15 is 0 Å². The van der Waals surface area contributed by atoms with Crippen LogP contribution in [0.2, 0.25) is 0 Å². The molecular formula is C17H9N5O2. The molecule has 0 aliphatic rings. The van der Waals surface area contributed by atoms with E-state index in [4.69, 9.17) is 10.5 Å². The Balaban J connectivity index is 2.26. The van der Waals surface area contributed by atoms with Crippen molar-refractivity contribution in [3.8, 4) is 23.5 Å². The van der Waals surface area contributed by atoms with Crippen molar-refractivity contribution in [1.82, 2.24) is 9.38 Å². The first-order chi connectivity index (χ1) is 11.6. The van der Waals surface area contributed by atoms with Crippen molar-refractivity contribution in [3.05, 3.63) is 70.0 Å². The largest absolute Gasteiger partial charge is 0.299 e. The number of nitrogens with zero attached hydrogens (tertiary/aromatic N) is 5. The number of non-ortho nitro benzene ring substituents is 1. The number of aromatic nitrogens is 2. The average Bonchev–Trinajstić information content (AvgIpc) is 2.98. The molecule has 1 aromatic carbocycles. The SMILES string of the molecule is N#CC(C#N)=Cc1nc(-c2cccc([N+](=O)[O-])c2)n2ccccc12. The summed E-state index contributed by atoms with van der Waals surface area (Å²) < 4.78 is 1.76. The summed E-state index contributed by atoms with van der Waals surface area (Å²) in [6.07, 6.45) is 3.17. The number of fused-ring (bicyclic) bond motifs is 1. The van der Waals surface area contributed by atoms with Crippen molar-refractivity contribution in [2.45, 2.75) is 0 Å². The van der Waals surface area contributed by atoms with Crippen LogP contribution < -0.4 is 0 Å². The third-order valence-electron chi connectivity index (χ3n) is 3.41. The third-order valence-corrected chi connectivity index (χ3v) is 3.41. The molecule has 7 heteroatoms. The summed E-state index contributed by atoms with van der Waals surface area (Å²) in [6, 6.07) is 15.2. The van der Waals surface area contributed by atoms with Gasteiger partial charge in [0.15, 0.2) is 0 Å². The van der Waals surface area contributed by atoms with Gasteiger partial charge in [-0.2, -0.15) is 10.5 Å². The Morgan fingerprint density at radius 3 is 2.71 bits per heavy atom. The van der Waals surface area contributed by atoms with Crippen LogP contribution in [0, 0.1) is 32.8 Å². The van der Waals surface area contributed by atoms with Crippen molar-refractivity contribution >= 4 is 17.3 Å². The van der Waals surface area contributed by atoms with Gasteiger partial charge in [-0.25, -0.2) is 4.98 Å². The molecule has 0 saturated carbocycles. The molecule has 2 heterocycles. The minimum Gasteiger partial charge on any atom is -0.299 e. The maximum Gasteiger partial charge on any atom is 0.270 e. The van der Waals surface area contributed by atoms with E-state index in [1.54, 1.807) is 47.0 Å². The molecule has 2 aromatic heterocycles. The number of hydrogen-bond acceptors (Lipinski definition) is 5. The first-order valence-corrected chi connectivity index (χ1v) is 6.88. The van der Waals surface area contributed by atoms with Gasteiger partial charge in [-0.15, -0.1) is 0 Å². The van der Waals surface area contributed by atoms with Gasteiger partial charge >= 0.3 is 0 Å². The fourth-order valence-corrected chi connectivity index (χ4v) is 2.36. The molecule has 114 valence electrons. The normalized spacial score (nSPS) is 9.92. The number of rotatable bonds is 3. The fourth-order valence-electron chi connectivity index (χ4n) is 2.36. The summed E-state index contributed by atoms with van der Waals surface area (Å²) >= 11 is 0. The van der Waals surface area contributed by atoms with E-state index in [-0.39, 0.29) is 11.3 Å². The molecule has 0 atom stereocenters. The summed E-state index contributed by atoms with van der Waals surface area (Å²) in [6.45, 7) is 0. The first-order valence-electron chi connectivity index (χ1n) is 6.88. The van der Waals surface area contributed by atoms with E-state index in [9.17, 15) is 10.1 Å². The van der Waals surface area contributed by atoms with Crippen LogP contribution in [0.25, 0.3) is 23.0 Å². The van der Waals surface area contributed by atoms with Gasteiger partial charge in [-0.1, -0.05) is 18.2 Å². The van der Waals surface area contributed by atoms with Crippen molar-refractivity contribution in [1.29, 1.82) is 10.5 Å². The highest BCUT2D eigenvalue weighted by Gasteiger charge is 2.14. The quantitative estimate of drug-likeness (QED) is 0.418. The predicted molar refractivity (Wildman–Crippen MR) is 86.5 cm³/mol. The second kappa shape index (κ2) is 6.03. The molecule has 0 spiro atoms. The minimum absolute atomic E-state index is 0.0352. The molecular weight excluding hydrogens is 306 g/mol. The lowest BCUT2D eigenvalue weighted by atomic mass is 10.2. The lowest BCUT2D eigenvalue weighted by Crippen LogP contribution is -1.91. The van der Waals surface area contributed by atoms with E-state index in [0.29, 0.717) is 22.6 Å². The lowest BCUT2D eigenvalue weighted by molar-refractivity contribution is -0.384. The van der Waals surface area contributed by atoms with Crippen molar-refractivity contribution < 1.29 is 4.92 Å². The van der Waals surface area contributed by atoms with Crippen molar-refractivity contribution in [2.75, 3.05) is 0 Å². The smallest absolute Gasteiger partial charge is 0.270 e. The molecule has 3 rings (SSSR count). The topological polar surface area (TPSA) is 108 Å². The fraction of sp³-hybridized carbons (Fsp3) is 0. The van der Waals surface area contributed by atoms with Gasteiger partial charge in [0.25, 0.3) is 5.69 Å². The van der Waals surface area contributed by atoms with Crippen molar-refractivity contribution in [2.24, 2.45) is 0 Å². The van der Waals surface area contributed by atoms with Crippen molar-refractivity contribution in [3.63, 3.8) is 0 Å². The highest BCUT2D eigenvalue weighted by atomic mass is 16.6. The highest BCUT2D eigenvalue weighted by molar-refractivity contribution is 5.76. The van der Waals surface area contributed by atoms with Crippen LogP contribution in [-0.4, -0.2) is 14.3 Å². The predicted octanol–water partition coefficient (Wildman–Crippen LogP) is 3.34. The molecule has 0 aliphatic heterocycles. The summed E-state index contributed by atoms with van der Waals surface area (Å²) in [4.78, 5) is 15.0. The third kappa shape index (κ3) is 2.58. The zero-order valence-electron chi connectivity index (χ0n) is 12.2. The molecule has 24 heavy (non-hydrogen) atoms. The Morgan fingerprint density at radius 2 is 2.00 bits per heavy atom. The van der Waals surface area contributed by atoms with Gasteiger partial charge in [-0.05, 0) is 18.2 Å². The minimum atomic E-state index is -0.469. The van der Waals surface area contributed by atoms with Gasteiger partial charge in [0.05, 0.1) is 16.1 Å². The summed E-state index contributed by atoms with van der Waals surface area (Å²) in [5.41, 5.74) is 1.62. The summed E-state index contributed by atoms with van der Waals surface area (Å²) in [5, 5.41) is 28.8. The number of nitro benzene ring substituents is 1. The van der Waals surface area contributed by atoms with Gasteiger partial charge < -0.3 is 0 Å². The number of imidazole rings is 1. The van der Waals surface area contributed by atoms with Gasteiger partial charge in [-0.3, -0.25) is 14.5 Å². The standard InChI is InChI=1S/C17H9N5O2/c18-10-12(11-19)8-15-16-6-1-2-7-21(16)17(20-15)13-4-3-5-14(9-13)22(23)24/h1-9H. The molecule has 3 aromatic rings. The second-order valence-electron chi connectivity index (χ2n) is 4.87. The number of pyridine rings is 1. The molecule has 0 bridgehead atoms. The zero-order valence-corrected chi connectivity index (χ0v) is 12.2. The van der Waals surface area contributed by atoms with Crippen LogP contribution in [0.4, 0.5) is 5.69 Å². The van der Waals surface area contributed by atoms with Crippen LogP contribution in [0.15, 0.2) is 54.2 Å². The molecule has 0 saturated heterocycles. The molecule has 0 unspecified atom stereocenters.